The van der Waals surface area contributed by atoms with Crippen molar-refractivity contribution in [2.45, 2.75) is 71.8 Å². The number of aromatic amines is 1. The highest BCUT2D eigenvalue weighted by Gasteiger charge is 2.28. The highest BCUT2D eigenvalue weighted by Crippen LogP contribution is 2.28. The molecule has 1 aliphatic rings. The van der Waals surface area contributed by atoms with Crippen molar-refractivity contribution in [3.05, 3.63) is 80.9 Å². The van der Waals surface area contributed by atoms with Crippen LogP contribution in [0.15, 0.2) is 47.3 Å². The van der Waals surface area contributed by atoms with Crippen LogP contribution in [0.2, 0.25) is 0 Å². The van der Waals surface area contributed by atoms with Crippen molar-refractivity contribution in [2.75, 3.05) is 13.7 Å². The quantitative estimate of drug-likeness (QED) is 0.332. The van der Waals surface area contributed by atoms with E-state index in [1.807, 2.05) is 29.8 Å². The molecule has 4 aromatic rings. The van der Waals surface area contributed by atoms with Crippen molar-refractivity contribution < 1.29 is 9.47 Å². The number of H-pyrrole nitrogens is 1. The number of aromatic nitrogens is 5. The normalized spacial score (nSPS) is 16.4. The van der Waals surface area contributed by atoms with Gasteiger partial charge in [0.15, 0.2) is 5.82 Å². The van der Waals surface area contributed by atoms with Crippen molar-refractivity contribution in [3.63, 3.8) is 0 Å². The van der Waals surface area contributed by atoms with Gasteiger partial charge in [0.05, 0.1) is 31.3 Å². The summed E-state index contributed by atoms with van der Waals surface area (Å²) in [4.78, 5) is 18.7. The lowest BCUT2D eigenvalue weighted by atomic mass is 10.0. The van der Waals surface area contributed by atoms with Crippen LogP contribution in [-0.4, -0.2) is 49.9 Å². The molecule has 1 saturated heterocycles. The molecule has 0 aliphatic carbocycles. The first-order valence-corrected chi connectivity index (χ1v) is 13.3. The fraction of sp³-hybridized carbons (Fsp3) is 0.448. The van der Waals surface area contributed by atoms with Gasteiger partial charge >= 0.3 is 0 Å². The monoisotopic (exact) mass is 516 g/mol. The Kier molecular flexibility index (Phi) is 7.85. The van der Waals surface area contributed by atoms with Gasteiger partial charge in [0, 0.05) is 25.3 Å². The number of benzene rings is 2. The number of fused-ring (bicyclic) bond motifs is 1. The van der Waals surface area contributed by atoms with Crippen molar-refractivity contribution in [3.8, 4) is 5.75 Å². The molecule has 38 heavy (non-hydrogen) atoms. The van der Waals surface area contributed by atoms with E-state index in [4.69, 9.17) is 9.47 Å². The highest BCUT2D eigenvalue weighted by molar-refractivity contribution is 5.82. The van der Waals surface area contributed by atoms with Gasteiger partial charge in [0.25, 0.3) is 5.56 Å². The van der Waals surface area contributed by atoms with Gasteiger partial charge in [-0.05, 0) is 84.3 Å². The number of hydrogen-bond donors (Lipinski definition) is 1. The molecule has 0 bridgehead atoms. The van der Waals surface area contributed by atoms with Crippen LogP contribution in [0, 0.1) is 13.8 Å². The Morgan fingerprint density at radius 3 is 2.71 bits per heavy atom. The predicted molar refractivity (Wildman–Crippen MR) is 146 cm³/mol. The molecular formula is C29H36N6O3. The topological polar surface area (TPSA) is 98.2 Å². The lowest BCUT2D eigenvalue weighted by Gasteiger charge is -2.30. The van der Waals surface area contributed by atoms with Gasteiger partial charge in [-0.15, -0.1) is 5.10 Å². The smallest absolute Gasteiger partial charge is 0.252 e. The Morgan fingerprint density at radius 1 is 1.18 bits per heavy atom. The second kappa shape index (κ2) is 11.4. The number of hydrogen-bond acceptors (Lipinski definition) is 7. The molecule has 0 amide bonds. The number of nitrogens with zero attached hydrogens (tertiary/aromatic N) is 5. The first-order chi connectivity index (χ1) is 18.4. The van der Waals surface area contributed by atoms with E-state index in [1.54, 1.807) is 7.11 Å². The number of ether oxygens (including phenoxy) is 2. The van der Waals surface area contributed by atoms with E-state index in [2.05, 4.69) is 63.5 Å². The molecule has 2 aromatic carbocycles. The van der Waals surface area contributed by atoms with E-state index < -0.39 is 0 Å². The molecule has 0 spiro atoms. The summed E-state index contributed by atoms with van der Waals surface area (Å²) in [5.41, 5.74) is 4.89. The molecule has 2 aromatic heterocycles. The van der Waals surface area contributed by atoms with Crippen LogP contribution in [-0.2, 0) is 24.4 Å². The van der Waals surface area contributed by atoms with Crippen LogP contribution in [0.3, 0.4) is 0 Å². The number of nitrogens with one attached hydrogen (secondary N) is 1. The maximum absolute atomic E-state index is 13.3. The Hall–Kier alpha value is -3.56. The molecule has 5 rings (SSSR count). The third-order valence-corrected chi connectivity index (χ3v) is 7.37. The minimum Gasteiger partial charge on any atom is -0.497 e. The second-order valence-electron chi connectivity index (χ2n) is 10.2. The van der Waals surface area contributed by atoms with Gasteiger partial charge in [-0.1, -0.05) is 30.7 Å². The maximum Gasteiger partial charge on any atom is 0.252 e. The van der Waals surface area contributed by atoms with Crippen LogP contribution in [0.5, 0.6) is 5.75 Å². The number of aryl methyl sites for hydroxylation is 2. The van der Waals surface area contributed by atoms with Crippen LogP contribution in [0.1, 0.15) is 60.3 Å². The molecule has 1 fully saturated rings. The minimum absolute atomic E-state index is 0.0713. The molecule has 9 nitrogen and oxygen atoms in total. The molecule has 1 N–H and O–H groups in total. The van der Waals surface area contributed by atoms with Gasteiger partial charge in [-0.2, -0.15) is 0 Å². The van der Waals surface area contributed by atoms with E-state index in [0.29, 0.717) is 25.2 Å². The molecule has 3 heterocycles. The summed E-state index contributed by atoms with van der Waals surface area (Å²) in [6.07, 6.45) is 2.98. The Labute approximate surface area is 222 Å². The van der Waals surface area contributed by atoms with Crippen molar-refractivity contribution >= 4 is 10.9 Å². The Morgan fingerprint density at radius 2 is 2.00 bits per heavy atom. The summed E-state index contributed by atoms with van der Waals surface area (Å²) in [5, 5.41) is 13.8. The standard InChI is InChI=1S/C29H36N6O3/c1-5-26(28-31-32-33-35(28)18-25-7-6-12-38-25)34(16-21-8-10-24(37-4)11-9-21)17-23-15-22-14-19(2)13-20(3)27(22)30-29(23)36/h8-11,13-15,25-26H,5-7,12,16-18H2,1-4H3,(H,30,36)/t25-,26-/m0/s1. The average Bonchev–Trinajstić information content (AvgIpc) is 3.59. The Bertz CT molecular complexity index is 1440. The number of methoxy groups -OCH3 is 1. The summed E-state index contributed by atoms with van der Waals surface area (Å²) >= 11 is 0. The molecule has 0 saturated carbocycles. The summed E-state index contributed by atoms with van der Waals surface area (Å²) in [7, 11) is 1.66. The molecule has 0 radical (unpaired) electrons. The van der Waals surface area contributed by atoms with E-state index in [-0.39, 0.29) is 17.7 Å². The fourth-order valence-electron chi connectivity index (χ4n) is 5.48. The first-order valence-electron chi connectivity index (χ1n) is 13.3. The second-order valence-corrected chi connectivity index (χ2v) is 10.2. The third kappa shape index (κ3) is 5.63. The SMILES string of the molecule is CC[C@@H](c1nnnn1C[C@@H]1CCCO1)N(Cc1ccc(OC)cc1)Cc1cc2cc(C)cc(C)c2[nH]c1=O. The van der Waals surface area contributed by atoms with E-state index in [0.717, 1.165) is 59.5 Å². The fourth-order valence-corrected chi connectivity index (χ4v) is 5.48. The van der Waals surface area contributed by atoms with Crippen molar-refractivity contribution in [1.82, 2.24) is 30.1 Å². The molecule has 9 heteroatoms. The molecule has 1 aliphatic heterocycles. The maximum atomic E-state index is 13.3. The number of rotatable bonds is 10. The number of pyridine rings is 1. The summed E-state index contributed by atoms with van der Waals surface area (Å²) in [5.74, 6) is 1.60. The van der Waals surface area contributed by atoms with Crippen LogP contribution in [0.25, 0.3) is 10.9 Å². The van der Waals surface area contributed by atoms with Crippen LogP contribution >= 0.6 is 0 Å². The summed E-state index contributed by atoms with van der Waals surface area (Å²) < 4.78 is 13.1. The van der Waals surface area contributed by atoms with Gasteiger partial charge in [0.1, 0.15) is 5.75 Å². The summed E-state index contributed by atoms with van der Waals surface area (Å²) in [6, 6.07) is 14.2. The average molecular weight is 517 g/mol. The molecular weight excluding hydrogens is 480 g/mol. The van der Waals surface area contributed by atoms with E-state index in [9.17, 15) is 4.79 Å². The zero-order chi connectivity index (χ0) is 26.6. The van der Waals surface area contributed by atoms with E-state index in [1.165, 1.54) is 5.56 Å². The van der Waals surface area contributed by atoms with E-state index >= 15 is 0 Å². The van der Waals surface area contributed by atoms with Gasteiger partial charge in [-0.3, -0.25) is 9.69 Å². The summed E-state index contributed by atoms with van der Waals surface area (Å²) in [6.45, 7) is 8.73. The van der Waals surface area contributed by atoms with Crippen LogP contribution < -0.4 is 10.3 Å². The zero-order valence-corrected chi connectivity index (χ0v) is 22.6. The van der Waals surface area contributed by atoms with Gasteiger partial charge in [-0.25, -0.2) is 4.68 Å². The minimum atomic E-state index is -0.0946. The highest BCUT2D eigenvalue weighted by atomic mass is 16.5. The number of tetrazole rings is 1. The largest absolute Gasteiger partial charge is 0.497 e. The molecule has 0 unspecified atom stereocenters. The lowest BCUT2D eigenvalue weighted by Crippen LogP contribution is -2.33. The first kappa shape index (κ1) is 26.1. The van der Waals surface area contributed by atoms with Crippen molar-refractivity contribution in [1.29, 1.82) is 0 Å². The van der Waals surface area contributed by atoms with Gasteiger partial charge in [0.2, 0.25) is 0 Å². The Balaban J connectivity index is 1.51. The zero-order valence-electron chi connectivity index (χ0n) is 22.6. The molecule has 2 atom stereocenters. The lowest BCUT2D eigenvalue weighted by molar-refractivity contribution is 0.0888. The van der Waals surface area contributed by atoms with Gasteiger partial charge < -0.3 is 14.5 Å². The molecule has 200 valence electrons. The van der Waals surface area contributed by atoms with Crippen molar-refractivity contribution in [2.24, 2.45) is 0 Å². The van der Waals surface area contributed by atoms with Crippen LogP contribution in [0.4, 0.5) is 0 Å². The predicted octanol–water partition coefficient (Wildman–Crippen LogP) is 4.47. The third-order valence-electron chi connectivity index (χ3n) is 7.37.